The van der Waals surface area contributed by atoms with Crippen molar-refractivity contribution in [1.82, 2.24) is 4.31 Å². The second-order valence-electron chi connectivity index (χ2n) is 4.60. The minimum atomic E-state index is -3.39. The predicted octanol–water partition coefficient (Wildman–Crippen LogP) is 1.96. The molecule has 5 nitrogen and oxygen atoms in total. The molecule has 0 aliphatic heterocycles. The van der Waals surface area contributed by atoms with Crippen molar-refractivity contribution in [3.05, 3.63) is 35.9 Å². The number of hydrogen-bond donors (Lipinski definition) is 0. The van der Waals surface area contributed by atoms with E-state index in [9.17, 15) is 13.2 Å². The van der Waals surface area contributed by atoms with Gasteiger partial charge in [0.05, 0.1) is 12.9 Å². The number of esters is 1. The molecule has 0 amide bonds. The molecule has 0 heterocycles. The highest BCUT2D eigenvalue weighted by atomic mass is 32.2. The van der Waals surface area contributed by atoms with Gasteiger partial charge in [0.2, 0.25) is 10.0 Å². The summed E-state index contributed by atoms with van der Waals surface area (Å²) < 4.78 is 30.2. The molecule has 0 N–H and O–H groups in total. The molecule has 0 bridgehead atoms. The number of benzene rings is 1. The van der Waals surface area contributed by atoms with Crippen molar-refractivity contribution in [3.8, 4) is 0 Å². The van der Waals surface area contributed by atoms with Crippen LogP contribution in [-0.2, 0) is 19.6 Å². The second kappa shape index (κ2) is 7.40. The normalized spacial score (nSPS) is 13.2. The fourth-order valence-electron chi connectivity index (χ4n) is 1.83. The Morgan fingerprint density at radius 2 is 1.90 bits per heavy atom. The molecule has 112 valence electrons. The van der Waals surface area contributed by atoms with E-state index in [1.807, 2.05) is 37.3 Å². The summed E-state index contributed by atoms with van der Waals surface area (Å²) in [5, 5.41) is 0. The first-order valence-corrected chi connectivity index (χ1v) is 8.07. The monoisotopic (exact) mass is 299 g/mol. The summed E-state index contributed by atoms with van der Waals surface area (Å²) in [4.78, 5) is 11.0. The Labute approximate surface area is 120 Å². The Morgan fingerprint density at radius 3 is 2.45 bits per heavy atom. The number of sulfonamides is 1. The van der Waals surface area contributed by atoms with Crippen molar-refractivity contribution in [2.75, 3.05) is 19.9 Å². The van der Waals surface area contributed by atoms with Crippen LogP contribution in [0.5, 0.6) is 0 Å². The van der Waals surface area contributed by atoms with Gasteiger partial charge in [-0.3, -0.25) is 4.79 Å². The van der Waals surface area contributed by atoms with Gasteiger partial charge in [0.25, 0.3) is 0 Å². The molecular weight excluding hydrogens is 278 g/mol. The first-order valence-electron chi connectivity index (χ1n) is 6.46. The molecule has 0 fully saturated rings. The molecule has 0 radical (unpaired) electrons. The van der Waals surface area contributed by atoms with Crippen LogP contribution in [0.2, 0.25) is 0 Å². The Bertz CT molecular complexity index is 527. The van der Waals surface area contributed by atoms with Crippen LogP contribution in [0.1, 0.15) is 31.4 Å². The zero-order valence-corrected chi connectivity index (χ0v) is 12.9. The quantitative estimate of drug-likeness (QED) is 0.722. The number of carbonyl (C=O) groups excluding carboxylic acids is 1. The molecule has 1 aromatic carbocycles. The third-order valence-electron chi connectivity index (χ3n) is 3.28. The van der Waals surface area contributed by atoms with Gasteiger partial charge in [-0.1, -0.05) is 30.3 Å². The number of hydrogen-bond acceptors (Lipinski definition) is 4. The zero-order chi connectivity index (χ0) is 15.2. The van der Waals surface area contributed by atoms with Crippen LogP contribution in [0.15, 0.2) is 30.3 Å². The molecule has 0 spiro atoms. The Hall–Kier alpha value is -1.40. The molecule has 0 aliphatic carbocycles. The molecule has 0 aliphatic rings. The molecule has 1 atom stereocenters. The molecule has 0 saturated heterocycles. The van der Waals surface area contributed by atoms with Gasteiger partial charge in [0.1, 0.15) is 0 Å². The number of methoxy groups -OCH3 is 1. The Kier molecular flexibility index (Phi) is 6.16. The number of carbonyl (C=O) groups is 1. The van der Waals surface area contributed by atoms with E-state index in [-0.39, 0.29) is 30.6 Å². The molecule has 6 heteroatoms. The molecule has 0 saturated carbocycles. The summed E-state index contributed by atoms with van der Waals surface area (Å²) >= 11 is 0. The van der Waals surface area contributed by atoms with Gasteiger partial charge in [-0.05, 0) is 18.9 Å². The van der Waals surface area contributed by atoms with Gasteiger partial charge >= 0.3 is 5.97 Å². The predicted molar refractivity (Wildman–Crippen MR) is 77.7 cm³/mol. The summed E-state index contributed by atoms with van der Waals surface area (Å²) in [6, 6.07) is 9.20. The first kappa shape index (κ1) is 16.7. The summed E-state index contributed by atoms with van der Waals surface area (Å²) in [6.45, 7) is 1.84. The lowest BCUT2D eigenvalue weighted by molar-refractivity contribution is -0.140. The fraction of sp³-hybridized carbons (Fsp3) is 0.500. The summed E-state index contributed by atoms with van der Waals surface area (Å²) in [7, 11) is -0.533. The van der Waals surface area contributed by atoms with Gasteiger partial charge in [-0.25, -0.2) is 8.42 Å². The lowest BCUT2D eigenvalue weighted by Gasteiger charge is -2.24. The maximum absolute atomic E-state index is 12.2. The minimum absolute atomic E-state index is 0.0597. The maximum Gasteiger partial charge on any atom is 0.305 e. The Balaban J connectivity index is 2.65. The molecule has 20 heavy (non-hydrogen) atoms. The van der Waals surface area contributed by atoms with Crippen molar-refractivity contribution in [3.63, 3.8) is 0 Å². The first-order chi connectivity index (χ1) is 9.38. The second-order valence-corrected chi connectivity index (χ2v) is 6.75. The van der Waals surface area contributed by atoms with Crippen LogP contribution in [0.25, 0.3) is 0 Å². The third-order valence-corrected chi connectivity index (χ3v) is 5.28. The third kappa shape index (κ3) is 4.61. The molecule has 1 aromatic rings. The molecule has 0 aromatic heterocycles. The fourth-order valence-corrected chi connectivity index (χ4v) is 3.23. The van der Waals surface area contributed by atoms with Crippen LogP contribution >= 0.6 is 0 Å². The Morgan fingerprint density at radius 1 is 1.30 bits per heavy atom. The lowest BCUT2D eigenvalue weighted by atomic mass is 10.1. The smallest absolute Gasteiger partial charge is 0.305 e. The van der Waals surface area contributed by atoms with E-state index in [0.717, 1.165) is 5.56 Å². The minimum Gasteiger partial charge on any atom is -0.469 e. The van der Waals surface area contributed by atoms with Crippen LogP contribution in [0.3, 0.4) is 0 Å². The average Bonchev–Trinajstić information content (AvgIpc) is 2.46. The van der Waals surface area contributed by atoms with Crippen molar-refractivity contribution in [2.24, 2.45) is 0 Å². The zero-order valence-electron chi connectivity index (χ0n) is 12.1. The van der Waals surface area contributed by atoms with Crippen LogP contribution in [0.4, 0.5) is 0 Å². The van der Waals surface area contributed by atoms with Gasteiger partial charge in [0, 0.05) is 19.5 Å². The topological polar surface area (TPSA) is 63.7 Å². The largest absolute Gasteiger partial charge is 0.469 e. The van der Waals surface area contributed by atoms with E-state index in [1.165, 1.54) is 11.4 Å². The standard InChI is InChI=1S/C14H21NO4S/c1-12(13-8-5-4-6-9-13)15(2)20(17,18)11-7-10-14(16)19-3/h4-6,8-9,12H,7,10-11H2,1-3H3. The van der Waals surface area contributed by atoms with E-state index in [0.29, 0.717) is 0 Å². The van der Waals surface area contributed by atoms with E-state index < -0.39 is 10.0 Å². The van der Waals surface area contributed by atoms with E-state index >= 15 is 0 Å². The van der Waals surface area contributed by atoms with E-state index in [2.05, 4.69) is 4.74 Å². The van der Waals surface area contributed by atoms with E-state index in [1.54, 1.807) is 7.05 Å². The van der Waals surface area contributed by atoms with Crippen LogP contribution in [0, 0.1) is 0 Å². The highest BCUT2D eigenvalue weighted by molar-refractivity contribution is 7.89. The highest BCUT2D eigenvalue weighted by Crippen LogP contribution is 2.21. The summed E-state index contributed by atoms with van der Waals surface area (Å²) in [5.74, 6) is -0.450. The van der Waals surface area contributed by atoms with Crippen molar-refractivity contribution < 1.29 is 17.9 Å². The van der Waals surface area contributed by atoms with Crippen molar-refractivity contribution >= 4 is 16.0 Å². The number of nitrogens with zero attached hydrogens (tertiary/aromatic N) is 1. The number of rotatable bonds is 7. The average molecular weight is 299 g/mol. The van der Waals surface area contributed by atoms with Gasteiger partial charge < -0.3 is 4.74 Å². The maximum atomic E-state index is 12.2. The number of ether oxygens (including phenoxy) is 1. The molecule has 1 unspecified atom stereocenters. The molecule has 1 rings (SSSR count). The van der Waals surface area contributed by atoms with Gasteiger partial charge in [-0.2, -0.15) is 4.31 Å². The summed E-state index contributed by atoms with van der Waals surface area (Å²) in [6.07, 6.45) is 0.379. The van der Waals surface area contributed by atoms with Gasteiger partial charge in [0.15, 0.2) is 0 Å². The van der Waals surface area contributed by atoms with E-state index in [4.69, 9.17) is 0 Å². The lowest BCUT2D eigenvalue weighted by Crippen LogP contribution is -2.32. The van der Waals surface area contributed by atoms with Crippen LogP contribution < -0.4 is 0 Å². The SMILES string of the molecule is COC(=O)CCCS(=O)(=O)N(C)C(C)c1ccccc1. The summed E-state index contributed by atoms with van der Waals surface area (Å²) in [5.41, 5.74) is 0.937. The van der Waals surface area contributed by atoms with Crippen molar-refractivity contribution in [2.45, 2.75) is 25.8 Å². The van der Waals surface area contributed by atoms with Gasteiger partial charge in [-0.15, -0.1) is 0 Å². The highest BCUT2D eigenvalue weighted by Gasteiger charge is 2.24. The van der Waals surface area contributed by atoms with Crippen molar-refractivity contribution in [1.29, 1.82) is 0 Å². The molecular formula is C14H21NO4S. The van der Waals surface area contributed by atoms with Crippen LogP contribution in [-0.4, -0.2) is 38.6 Å².